The Morgan fingerprint density at radius 2 is 2.13 bits per heavy atom. The minimum atomic E-state index is -0.425. The van der Waals surface area contributed by atoms with Gasteiger partial charge in [-0.05, 0) is 13.8 Å². The summed E-state index contributed by atoms with van der Waals surface area (Å²) in [7, 11) is 1.33. The minimum absolute atomic E-state index is 0.152. The van der Waals surface area contributed by atoms with Crippen LogP contribution in [-0.2, 0) is 14.3 Å². The number of hydrogen-bond donors (Lipinski definition) is 0. The second-order valence-corrected chi connectivity index (χ2v) is 5.37. The Morgan fingerprint density at radius 1 is 1.35 bits per heavy atom. The first-order valence-electron chi connectivity index (χ1n) is 6.80. The molecule has 0 amide bonds. The summed E-state index contributed by atoms with van der Waals surface area (Å²) in [5, 5.41) is 4.86. The third kappa shape index (κ3) is 4.28. The summed E-state index contributed by atoms with van der Waals surface area (Å²) >= 11 is 1.23. The van der Waals surface area contributed by atoms with Gasteiger partial charge in [-0.3, -0.25) is 4.79 Å². The van der Waals surface area contributed by atoms with Crippen molar-refractivity contribution in [1.82, 2.24) is 19.7 Å². The lowest BCUT2D eigenvalue weighted by atomic mass is 10.3. The van der Waals surface area contributed by atoms with E-state index in [-0.39, 0.29) is 11.7 Å². The van der Waals surface area contributed by atoms with Crippen LogP contribution in [0.15, 0.2) is 23.6 Å². The number of methoxy groups -OCH3 is 1. The molecule has 2 aromatic heterocycles. The van der Waals surface area contributed by atoms with Crippen LogP contribution in [0.2, 0.25) is 0 Å². The van der Waals surface area contributed by atoms with Crippen molar-refractivity contribution in [2.75, 3.05) is 19.5 Å². The Labute approximate surface area is 137 Å². The molecular weight excluding hydrogens is 320 g/mol. The fourth-order valence-corrected chi connectivity index (χ4v) is 2.41. The number of carbonyl (C=O) groups is 2. The van der Waals surface area contributed by atoms with E-state index >= 15 is 0 Å². The van der Waals surface area contributed by atoms with Gasteiger partial charge in [-0.1, -0.05) is 11.8 Å². The van der Waals surface area contributed by atoms with Gasteiger partial charge in [-0.2, -0.15) is 5.10 Å². The summed E-state index contributed by atoms with van der Waals surface area (Å²) in [6.07, 6.45) is 2.93. The van der Waals surface area contributed by atoms with Crippen molar-refractivity contribution in [1.29, 1.82) is 0 Å². The molecule has 9 heteroatoms. The minimum Gasteiger partial charge on any atom is -0.468 e. The highest BCUT2D eigenvalue weighted by Crippen LogP contribution is 2.18. The van der Waals surface area contributed by atoms with Gasteiger partial charge < -0.3 is 9.47 Å². The van der Waals surface area contributed by atoms with E-state index in [4.69, 9.17) is 4.74 Å². The number of nitrogens with zero attached hydrogens (tertiary/aromatic N) is 4. The van der Waals surface area contributed by atoms with Crippen LogP contribution in [0.3, 0.4) is 0 Å². The highest BCUT2D eigenvalue weighted by atomic mass is 32.2. The molecule has 0 spiro atoms. The van der Waals surface area contributed by atoms with Crippen LogP contribution < -0.4 is 0 Å². The number of rotatable bonds is 6. The van der Waals surface area contributed by atoms with E-state index in [9.17, 15) is 9.59 Å². The van der Waals surface area contributed by atoms with Crippen LogP contribution in [0.4, 0.5) is 0 Å². The number of hydrogen-bond acceptors (Lipinski definition) is 8. The third-order valence-electron chi connectivity index (χ3n) is 2.82. The van der Waals surface area contributed by atoms with E-state index in [1.165, 1.54) is 29.9 Å². The molecule has 2 aromatic rings. The van der Waals surface area contributed by atoms with Crippen LogP contribution in [0.25, 0.3) is 5.82 Å². The summed E-state index contributed by atoms with van der Waals surface area (Å²) in [6, 6.07) is 1.68. The molecule has 0 atom stereocenters. The molecule has 122 valence electrons. The summed E-state index contributed by atoms with van der Waals surface area (Å²) in [5.41, 5.74) is 0.931. The Balaban J connectivity index is 2.20. The lowest BCUT2D eigenvalue weighted by Crippen LogP contribution is -2.05. The molecule has 0 aromatic carbocycles. The number of aromatic nitrogens is 4. The largest absolute Gasteiger partial charge is 0.468 e. The molecule has 0 unspecified atom stereocenters. The molecule has 0 saturated carbocycles. The van der Waals surface area contributed by atoms with Crippen LogP contribution in [0.5, 0.6) is 0 Å². The maximum atomic E-state index is 11.8. The second-order valence-electron chi connectivity index (χ2n) is 4.37. The highest BCUT2D eigenvalue weighted by Gasteiger charge is 2.16. The van der Waals surface area contributed by atoms with Gasteiger partial charge in [0.25, 0.3) is 0 Å². The van der Waals surface area contributed by atoms with Crippen LogP contribution in [-0.4, -0.2) is 51.2 Å². The standard InChI is InChI=1S/C14H16N4O4S/c1-4-22-14(20)10-6-18(17-9(10)2)11-5-12(16-8-15-11)23-7-13(19)21-3/h5-6,8H,4,7H2,1-3H3. The molecule has 0 N–H and O–H groups in total. The number of aryl methyl sites for hydroxylation is 1. The van der Waals surface area contributed by atoms with E-state index in [2.05, 4.69) is 19.8 Å². The zero-order valence-corrected chi connectivity index (χ0v) is 13.8. The van der Waals surface area contributed by atoms with Crippen LogP contribution in [0, 0.1) is 6.92 Å². The monoisotopic (exact) mass is 336 g/mol. The van der Waals surface area contributed by atoms with E-state index in [1.807, 2.05) is 0 Å². The van der Waals surface area contributed by atoms with Crippen molar-refractivity contribution in [2.45, 2.75) is 18.9 Å². The molecule has 0 aliphatic rings. The zero-order chi connectivity index (χ0) is 16.8. The Hall–Kier alpha value is -2.42. The van der Waals surface area contributed by atoms with Crippen molar-refractivity contribution >= 4 is 23.7 Å². The van der Waals surface area contributed by atoms with E-state index in [1.54, 1.807) is 26.1 Å². The van der Waals surface area contributed by atoms with E-state index in [0.29, 0.717) is 28.7 Å². The molecule has 0 bridgehead atoms. The van der Waals surface area contributed by atoms with Gasteiger partial charge in [0, 0.05) is 12.3 Å². The van der Waals surface area contributed by atoms with Gasteiger partial charge in [-0.25, -0.2) is 19.4 Å². The number of thioether (sulfide) groups is 1. The van der Waals surface area contributed by atoms with Gasteiger partial charge in [0.1, 0.15) is 16.9 Å². The zero-order valence-electron chi connectivity index (χ0n) is 13.0. The van der Waals surface area contributed by atoms with Crippen molar-refractivity contribution in [3.05, 3.63) is 29.8 Å². The first kappa shape index (κ1) is 16.9. The summed E-state index contributed by atoms with van der Waals surface area (Å²) in [6.45, 7) is 3.76. The van der Waals surface area contributed by atoms with Crippen molar-refractivity contribution in [3.8, 4) is 5.82 Å². The Kier molecular flexibility index (Phi) is 5.69. The quantitative estimate of drug-likeness (QED) is 0.444. The number of esters is 2. The molecule has 0 aliphatic carbocycles. The van der Waals surface area contributed by atoms with Gasteiger partial charge in [0.2, 0.25) is 0 Å². The predicted molar refractivity (Wildman–Crippen MR) is 82.6 cm³/mol. The Bertz CT molecular complexity index is 717. The first-order chi connectivity index (χ1) is 11.0. The third-order valence-corrected chi connectivity index (χ3v) is 3.72. The van der Waals surface area contributed by atoms with Gasteiger partial charge in [0.05, 0.1) is 25.2 Å². The summed E-state index contributed by atoms with van der Waals surface area (Å²) in [5.74, 6) is -0.120. The second kappa shape index (κ2) is 7.73. The molecule has 8 nitrogen and oxygen atoms in total. The maximum Gasteiger partial charge on any atom is 0.341 e. The van der Waals surface area contributed by atoms with Crippen LogP contribution >= 0.6 is 11.8 Å². The number of ether oxygens (including phenoxy) is 2. The smallest absolute Gasteiger partial charge is 0.341 e. The molecule has 23 heavy (non-hydrogen) atoms. The van der Waals surface area contributed by atoms with E-state index in [0.717, 1.165) is 0 Å². The van der Waals surface area contributed by atoms with Gasteiger partial charge >= 0.3 is 11.9 Å². The molecule has 0 radical (unpaired) electrons. The number of carbonyl (C=O) groups excluding carboxylic acids is 2. The molecule has 2 heterocycles. The molecule has 0 fully saturated rings. The van der Waals surface area contributed by atoms with Crippen LogP contribution in [0.1, 0.15) is 23.0 Å². The fourth-order valence-electron chi connectivity index (χ4n) is 1.71. The summed E-state index contributed by atoms with van der Waals surface area (Å²) < 4.78 is 11.0. The Morgan fingerprint density at radius 3 is 2.83 bits per heavy atom. The topological polar surface area (TPSA) is 96.2 Å². The fraction of sp³-hybridized carbons (Fsp3) is 0.357. The average molecular weight is 336 g/mol. The van der Waals surface area contributed by atoms with Gasteiger partial charge in [0.15, 0.2) is 5.82 Å². The lowest BCUT2D eigenvalue weighted by molar-refractivity contribution is -0.137. The van der Waals surface area contributed by atoms with Gasteiger partial charge in [-0.15, -0.1) is 0 Å². The molecule has 0 aliphatic heterocycles. The SMILES string of the molecule is CCOC(=O)c1cn(-c2cc(SCC(=O)OC)ncn2)nc1C. The van der Waals surface area contributed by atoms with Crippen molar-refractivity contribution < 1.29 is 19.1 Å². The van der Waals surface area contributed by atoms with Crippen molar-refractivity contribution in [2.24, 2.45) is 0 Å². The lowest BCUT2D eigenvalue weighted by Gasteiger charge is -2.03. The highest BCUT2D eigenvalue weighted by molar-refractivity contribution is 7.99. The predicted octanol–water partition coefficient (Wildman–Crippen LogP) is 1.41. The molecule has 2 rings (SSSR count). The van der Waals surface area contributed by atoms with Crippen molar-refractivity contribution in [3.63, 3.8) is 0 Å². The summed E-state index contributed by atoms with van der Waals surface area (Å²) in [4.78, 5) is 31.2. The maximum absolute atomic E-state index is 11.8. The van der Waals surface area contributed by atoms with E-state index < -0.39 is 5.97 Å². The average Bonchev–Trinajstić information content (AvgIpc) is 2.95. The molecule has 0 saturated heterocycles. The normalized spacial score (nSPS) is 10.4. The first-order valence-corrected chi connectivity index (χ1v) is 7.79. The molecular formula is C14H16N4O4S.